The van der Waals surface area contributed by atoms with Crippen LogP contribution in [-0.4, -0.2) is 70.2 Å². The van der Waals surface area contributed by atoms with E-state index in [0.717, 1.165) is 75.7 Å². The van der Waals surface area contributed by atoms with Crippen LogP contribution in [0.4, 0.5) is 17.1 Å². The van der Waals surface area contributed by atoms with Gasteiger partial charge in [0.15, 0.2) is 0 Å². The first-order valence-electron chi connectivity index (χ1n) is 13.6. The van der Waals surface area contributed by atoms with Gasteiger partial charge in [-0.2, -0.15) is 0 Å². The molecule has 39 heavy (non-hydrogen) atoms. The SMILES string of the molecule is COc1cccc(C(=O)Nc2ccc(N3CCN(c4ccccc4OC)CC3)c(C(=O)N3CCCCC3)c2)c1. The summed E-state index contributed by atoms with van der Waals surface area (Å²) >= 11 is 0. The zero-order chi connectivity index (χ0) is 27.2. The van der Waals surface area contributed by atoms with Crippen LogP contribution in [0.3, 0.4) is 0 Å². The van der Waals surface area contributed by atoms with Crippen LogP contribution in [-0.2, 0) is 0 Å². The highest BCUT2D eigenvalue weighted by molar-refractivity contribution is 6.06. The van der Waals surface area contributed by atoms with E-state index in [9.17, 15) is 9.59 Å². The van der Waals surface area contributed by atoms with Crippen LogP contribution in [0.1, 0.15) is 40.0 Å². The molecule has 2 saturated heterocycles. The van der Waals surface area contributed by atoms with Crippen molar-refractivity contribution in [3.05, 3.63) is 77.9 Å². The number of carbonyl (C=O) groups excluding carboxylic acids is 2. The molecule has 0 radical (unpaired) electrons. The van der Waals surface area contributed by atoms with Crippen molar-refractivity contribution in [3.63, 3.8) is 0 Å². The van der Waals surface area contributed by atoms with E-state index in [2.05, 4.69) is 21.2 Å². The second-order valence-corrected chi connectivity index (χ2v) is 9.92. The van der Waals surface area contributed by atoms with Crippen LogP contribution in [0.5, 0.6) is 11.5 Å². The van der Waals surface area contributed by atoms with E-state index in [0.29, 0.717) is 22.6 Å². The van der Waals surface area contributed by atoms with Gasteiger partial charge in [0.05, 0.1) is 25.5 Å². The Labute approximate surface area is 230 Å². The van der Waals surface area contributed by atoms with Crippen molar-refractivity contribution in [2.45, 2.75) is 19.3 Å². The highest BCUT2D eigenvalue weighted by Gasteiger charge is 2.27. The molecule has 2 amide bonds. The molecule has 3 aromatic carbocycles. The maximum atomic E-state index is 13.8. The van der Waals surface area contributed by atoms with Gasteiger partial charge in [0.25, 0.3) is 11.8 Å². The molecule has 0 bridgehead atoms. The molecule has 1 N–H and O–H groups in total. The number of piperidine rings is 1. The number of rotatable bonds is 7. The summed E-state index contributed by atoms with van der Waals surface area (Å²) in [6, 6.07) is 20.8. The van der Waals surface area contributed by atoms with Crippen molar-refractivity contribution >= 4 is 28.9 Å². The number of piperazine rings is 1. The molecule has 0 aromatic heterocycles. The average Bonchev–Trinajstić information content (AvgIpc) is 3.01. The van der Waals surface area contributed by atoms with Gasteiger partial charge in [0.1, 0.15) is 11.5 Å². The van der Waals surface area contributed by atoms with Crippen molar-refractivity contribution in [1.29, 1.82) is 0 Å². The summed E-state index contributed by atoms with van der Waals surface area (Å²) in [6.07, 6.45) is 3.19. The monoisotopic (exact) mass is 528 g/mol. The fourth-order valence-corrected chi connectivity index (χ4v) is 5.38. The third-order valence-corrected chi connectivity index (χ3v) is 7.51. The van der Waals surface area contributed by atoms with Gasteiger partial charge in [-0.05, 0) is 67.8 Å². The number of amides is 2. The Morgan fingerprint density at radius 2 is 1.44 bits per heavy atom. The van der Waals surface area contributed by atoms with Crippen molar-refractivity contribution in [2.75, 3.05) is 68.6 Å². The van der Waals surface area contributed by atoms with Crippen molar-refractivity contribution in [2.24, 2.45) is 0 Å². The Hall–Kier alpha value is -4.20. The maximum Gasteiger partial charge on any atom is 0.256 e. The molecule has 0 atom stereocenters. The molecular weight excluding hydrogens is 492 g/mol. The van der Waals surface area contributed by atoms with Gasteiger partial charge in [0.2, 0.25) is 0 Å². The number of benzene rings is 3. The van der Waals surface area contributed by atoms with E-state index in [4.69, 9.17) is 9.47 Å². The predicted molar refractivity (Wildman–Crippen MR) is 155 cm³/mol. The summed E-state index contributed by atoms with van der Waals surface area (Å²) in [5.41, 5.74) is 3.71. The molecule has 2 aliphatic rings. The molecule has 204 valence electrons. The van der Waals surface area contributed by atoms with E-state index in [1.807, 2.05) is 41.3 Å². The summed E-state index contributed by atoms with van der Waals surface area (Å²) in [7, 11) is 3.27. The number of nitrogens with one attached hydrogen (secondary N) is 1. The van der Waals surface area contributed by atoms with Crippen LogP contribution >= 0.6 is 0 Å². The summed E-state index contributed by atoms with van der Waals surface area (Å²) in [4.78, 5) is 33.3. The van der Waals surface area contributed by atoms with E-state index in [1.54, 1.807) is 38.5 Å². The standard InChI is InChI=1S/C31H36N4O4/c1-38-25-10-8-9-23(21-25)30(36)32-24-13-14-27(26(22-24)31(37)35-15-6-3-7-16-35)33-17-19-34(20-18-33)28-11-4-5-12-29(28)39-2/h4-5,8-14,21-22H,3,6-7,15-20H2,1-2H3,(H,32,36). The lowest BCUT2D eigenvalue weighted by atomic mass is 10.0. The molecule has 0 saturated carbocycles. The van der Waals surface area contributed by atoms with Gasteiger partial charge < -0.3 is 29.5 Å². The zero-order valence-corrected chi connectivity index (χ0v) is 22.7. The molecule has 0 spiro atoms. The Bertz CT molecular complexity index is 1310. The lowest BCUT2D eigenvalue weighted by molar-refractivity contribution is 0.0724. The molecule has 2 fully saturated rings. The number of anilines is 3. The van der Waals surface area contributed by atoms with E-state index < -0.39 is 0 Å². The Balaban J connectivity index is 1.38. The summed E-state index contributed by atoms with van der Waals surface area (Å²) in [5, 5.41) is 2.97. The minimum Gasteiger partial charge on any atom is -0.497 e. The van der Waals surface area contributed by atoms with Crippen LogP contribution in [0.15, 0.2) is 66.7 Å². The van der Waals surface area contributed by atoms with Crippen molar-refractivity contribution in [3.8, 4) is 11.5 Å². The lowest BCUT2D eigenvalue weighted by Gasteiger charge is -2.39. The third kappa shape index (κ3) is 5.95. The first kappa shape index (κ1) is 26.4. The number of ether oxygens (including phenoxy) is 2. The van der Waals surface area contributed by atoms with Crippen molar-refractivity contribution < 1.29 is 19.1 Å². The number of methoxy groups -OCH3 is 2. The normalized spacial score (nSPS) is 15.6. The summed E-state index contributed by atoms with van der Waals surface area (Å²) < 4.78 is 10.8. The molecule has 3 aromatic rings. The number of nitrogens with zero attached hydrogens (tertiary/aromatic N) is 3. The van der Waals surface area contributed by atoms with Gasteiger partial charge in [-0.1, -0.05) is 18.2 Å². The minimum absolute atomic E-state index is 0.0225. The van der Waals surface area contributed by atoms with Gasteiger partial charge in [-0.25, -0.2) is 0 Å². The summed E-state index contributed by atoms with van der Waals surface area (Å²) in [6.45, 7) is 4.69. The van der Waals surface area contributed by atoms with Gasteiger partial charge in [-0.15, -0.1) is 0 Å². The maximum absolute atomic E-state index is 13.8. The number of para-hydroxylation sites is 2. The Morgan fingerprint density at radius 3 is 2.15 bits per heavy atom. The van der Waals surface area contributed by atoms with Crippen LogP contribution in [0, 0.1) is 0 Å². The van der Waals surface area contributed by atoms with Gasteiger partial charge in [0, 0.05) is 56.2 Å². The Morgan fingerprint density at radius 1 is 0.718 bits per heavy atom. The lowest BCUT2D eigenvalue weighted by Crippen LogP contribution is -2.47. The number of carbonyl (C=O) groups is 2. The van der Waals surface area contributed by atoms with Crippen LogP contribution in [0.2, 0.25) is 0 Å². The molecular formula is C31H36N4O4. The highest BCUT2D eigenvalue weighted by Crippen LogP contribution is 2.32. The van der Waals surface area contributed by atoms with Gasteiger partial charge >= 0.3 is 0 Å². The van der Waals surface area contributed by atoms with E-state index in [-0.39, 0.29) is 11.8 Å². The molecule has 8 heteroatoms. The van der Waals surface area contributed by atoms with E-state index >= 15 is 0 Å². The first-order chi connectivity index (χ1) is 19.1. The third-order valence-electron chi connectivity index (χ3n) is 7.51. The molecule has 2 aliphatic heterocycles. The van der Waals surface area contributed by atoms with Crippen LogP contribution in [0.25, 0.3) is 0 Å². The predicted octanol–water partition coefficient (Wildman–Crippen LogP) is 4.91. The fraction of sp³-hybridized carbons (Fsp3) is 0.355. The molecule has 0 unspecified atom stereocenters. The molecule has 0 aliphatic carbocycles. The van der Waals surface area contributed by atoms with Gasteiger partial charge in [-0.3, -0.25) is 9.59 Å². The second kappa shape index (κ2) is 12.1. The smallest absolute Gasteiger partial charge is 0.256 e. The largest absolute Gasteiger partial charge is 0.497 e. The Kier molecular flexibility index (Phi) is 8.20. The summed E-state index contributed by atoms with van der Waals surface area (Å²) in [5.74, 6) is 1.26. The topological polar surface area (TPSA) is 74.4 Å². The zero-order valence-electron chi connectivity index (χ0n) is 22.7. The van der Waals surface area contributed by atoms with Crippen molar-refractivity contribution in [1.82, 2.24) is 4.90 Å². The quantitative estimate of drug-likeness (QED) is 0.470. The average molecular weight is 529 g/mol. The number of hydrogen-bond donors (Lipinski definition) is 1. The number of hydrogen-bond acceptors (Lipinski definition) is 6. The van der Waals surface area contributed by atoms with E-state index in [1.165, 1.54) is 0 Å². The fourth-order valence-electron chi connectivity index (χ4n) is 5.38. The molecule has 8 nitrogen and oxygen atoms in total. The second-order valence-electron chi connectivity index (χ2n) is 9.92. The first-order valence-corrected chi connectivity index (χ1v) is 13.6. The number of likely N-dealkylation sites (tertiary alicyclic amines) is 1. The molecule has 2 heterocycles. The molecule has 5 rings (SSSR count). The highest BCUT2D eigenvalue weighted by atomic mass is 16.5. The van der Waals surface area contributed by atoms with Crippen LogP contribution < -0.4 is 24.6 Å². The minimum atomic E-state index is -0.247.